The van der Waals surface area contributed by atoms with Gasteiger partial charge in [-0.1, -0.05) is 49.4 Å². The van der Waals surface area contributed by atoms with E-state index < -0.39 is 9.84 Å². The zero-order valence-electron chi connectivity index (χ0n) is 18.0. The molecule has 0 bridgehead atoms. The van der Waals surface area contributed by atoms with Crippen molar-refractivity contribution in [1.82, 2.24) is 5.32 Å². The van der Waals surface area contributed by atoms with Crippen molar-refractivity contribution in [2.75, 3.05) is 47.5 Å². The number of nitrogens with zero attached hydrogens (tertiary/aromatic N) is 2. The lowest BCUT2D eigenvalue weighted by Gasteiger charge is -2.27. The Morgan fingerprint density at radius 1 is 1.00 bits per heavy atom. The third-order valence-electron chi connectivity index (χ3n) is 6.09. The minimum atomic E-state index is -2.92. The van der Waals surface area contributed by atoms with Crippen LogP contribution in [0, 0.1) is 11.8 Å². The number of carbonyl (C=O) groups is 1. The van der Waals surface area contributed by atoms with Crippen LogP contribution in [0.25, 0.3) is 0 Å². The molecule has 4 rings (SSSR count). The number of hydrogen-bond acceptors (Lipinski definition) is 5. The minimum Gasteiger partial charge on any atom is -0.365 e. The van der Waals surface area contributed by atoms with E-state index in [2.05, 4.69) is 58.4 Å². The van der Waals surface area contributed by atoms with Crippen molar-refractivity contribution in [3.05, 3.63) is 60.2 Å². The molecule has 166 valence electrons. The molecular formula is C24H31N3O3S. The summed E-state index contributed by atoms with van der Waals surface area (Å²) in [6.07, 6.45) is 0.640. The predicted molar refractivity (Wildman–Crippen MR) is 125 cm³/mol. The Kier molecular flexibility index (Phi) is 6.51. The Hall–Kier alpha value is -2.54. The van der Waals surface area contributed by atoms with E-state index in [1.807, 2.05) is 18.2 Å². The minimum absolute atomic E-state index is 0.0330. The Balaban J connectivity index is 1.45. The molecule has 1 saturated heterocycles. The first-order valence-corrected chi connectivity index (χ1v) is 12.8. The topological polar surface area (TPSA) is 69.7 Å². The molecule has 2 aromatic carbocycles. The lowest BCUT2D eigenvalue weighted by atomic mass is 10.1. The summed E-state index contributed by atoms with van der Waals surface area (Å²) < 4.78 is 23.3. The van der Waals surface area contributed by atoms with Gasteiger partial charge in [0.2, 0.25) is 5.91 Å². The smallest absolute Gasteiger partial charge is 0.239 e. The van der Waals surface area contributed by atoms with Crippen molar-refractivity contribution < 1.29 is 13.2 Å². The highest BCUT2D eigenvalue weighted by atomic mass is 32.2. The Morgan fingerprint density at radius 3 is 2.32 bits per heavy atom. The molecule has 0 unspecified atom stereocenters. The Morgan fingerprint density at radius 2 is 1.65 bits per heavy atom. The van der Waals surface area contributed by atoms with Crippen LogP contribution < -0.4 is 15.1 Å². The summed E-state index contributed by atoms with van der Waals surface area (Å²) in [5, 5.41) is 2.97. The van der Waals surface area contributed by atoms with Crippen LogP contribution in [-0.2, 0) is 21.2 Å². The van der Waals surface area contributed by atoms with Crippen LogP contribution in [0.15, 0.2) is 54.6 Å². The van der Waals surface area contributed by atoms with Crippen molar-refractivity contribution in [3.63, 3.8) is 0 Å². The van der Waals surface area contributed by atoms with E-state index in [-0.39, 0.29) is 29.9 Å². The lowest BCUT2D eigenvalue weighted by Crippen LogP contribution is -2.41. The number of carbonyl (C=O) groups excluding carboxylic acids is 1. The number of benzene rings is 2. The average molecular weight is 442 g/mol. The quantitative estimate of drug-likeness (QED) is 0.747. The number of amides is 1. The van der Waals surface area contributed by atoms with Crippen molar-refractivity contribution >= 4 is 27.1 Å². The number of para-hydroxylation sites is 2. The molecule has 7 heteroatoms. The molecule has 2 aromatic rings. The molecule has 6 nitrogen and oxygen atoms in total. The molecule has 0 radical (unpaired) electrons. The van der Waals surface area contributed by atoms with Gasteiger partial charge in [-0.15, -0.1) is 0 Å². The van der Waals surface area contributed by atoms with Gasteiger partial charge in [0.25, 0.3) is 0 Å². The van der Waals surface area contributed by atoms with Crippen LogP contribution in [-0.4, -0.2) is 52.0 Å². The highest BCUT2D eigenvalue weighted by Crippen LogP contribution is 2.34. The summed E-state index contributed by atoms with van der Waals surface area (Å²) in [7, 11) is -2.92. The molecule has 1 amide bonds. The first kappa shape index (κ1) is 21.7. The molecule has 1 N–H and O–H groups in total. The zero-order chi connectivity index (χ0) is 21.8. The first-order chi connectivity index (χ1) is 14.9. The molecule has 2 heterocycles. The van der Waals surface area contributed by atoms with Gasteiger partial charge in [-0.25, -0.2) is 8.42 Å². The molecule has 0 saturated carbocycles. The Bertz CT molecular complexity index is 1010. The predicted octanol–water partition coefficient (Wildman–Crippen LogP) is 2.70. The van der Waals surface area contributed by atoms with Gasteiger partial charge in [0.15, 0.2) is 9.84 Å². The van der Waals surface area contributed by atoms with Crippen LogP contribution >= 0.6 is 0 Å². The second-order valence-electron chi connectivity index (χ2n) is 8.91. The van der Waals surface area contributed by atoms with Gasteiger partial charge in [-0.05, 0) is 36.0 Å². The van der Waals surface area contributed by atoms with Gasteiger partial charge >= 0.3 is 0 Å². The maximum Gasteiger partial charge on any atom is 0.239 e. The largest absolute Gasteiger partial charge is 0.365 e. The molecule has 0 aromatic heterocycles. The average Bonchev–Trinajstić information content (AvgIpc) is 3.04. The third kappa shape index (κ3) is 5.58. The summed E-state index contributed by atoms with van der Waals surface area (Å²) >= 11 is 0. The number of nitrogens with one attached hydrogen (secondary N) is 1. The van der Waals surface area contributed by atoms with E-state index in [1.54, 1.807) is 0 Å². The zero-order valence-corrected chi connectivity index (χ0v) is 18.9. The van der Waals surface area contributed by atoms with Crippen molar-refractivity contribution in [2.24, 2.45) is 11.8 Å². The van der Waals surface area contributed by atoms with E-state index in [1.165, 1.54) is 5.56 Å². The van der Waals surface area contributed by atoms with E-state index in [9.17, 15) is 13.2 Å². The summed E-state index contributed by atoms with van der Waals surface area (Å²) in [4.78, 5) is 17.3. The maximum atomic E-state index is 12.7. The van der Waals surface area contributed by atoms with Crippen LogP contribution in [0.1, 0.15) is 18.9 Å². The molecule has 1 fully saturated rings. The summed E-state index contributed by atoms with van der Waals surface area (Å²) in [6.45, 7) is 5.48. The van der Waals surface area contributed by atoms with Crippen LogP contribution in [0.4, 0.5) is 11.4 Å². The van der Waals surface area contributed by atoms with Gasteiger partial charge in [0, 0.05) is 26.2 Å². The van der Waals surface area contributed by atoms with E-state index in [0.29, 0.717) is 18.9 Å². The van der Waals surface area contributed by atoms with Gasteiger partial charge in [-0.3, -0.25) is 4.79 Å². The Labute approximate surface area is 185 Å². The third-order valence-corrected chi connectivity index (χ3v) is 7.93. The number of hydrogen-bond donors (Lipinski definition) is 1. The van der Waals surface area contributed by atoms with Crippen molar-refractivity contribution in [3.8, 4) is 0 Å². The van der Waals surface area contributed by atoms with Gasteiger partial charge < -0.3 is 15.1 Å². The fraction of sp³-hybridized carbons (Fsp3) is 0.458. The van der Waals surface area contributed by atoms with Crippen LogP contribution in [0.5, 0.6) is 0 Å². The van der Waals surface area contributed by atoms with Crippen LogP contribution in [0.3, 0.4) is 0 Å². The number of sulfone groups is 1. The highest BCUT2D eigenvalue weighted by molar-refractivity contribution is 7.91. The van der Waals surface area contributed by atoms with Gasteiger partial charge in [0.05, 0.1) is 29.4 Å². The summed E-state index contributed by atoms with van der Waals surface area (Å²) in [5.41, 5.74) is 3.48. The standard InChI is InChI=1S/C24H31N3O3S/c1-19-14-26(16-20-7-3-2-4-8-20)22-9-5-6-10-23(22)27(15-19)17-24(28)25-13-21-11-12-31(29,30)18-21/h2-10,19,21H,11-18H2,1H3,(H,25,28)/t19-,21-/m0/s1. The second-order valence-corrected chi connectivity index (χ2v) is 11.1. The van der Waals surface area contributed by atoms with E-state index in [0.717, 1.165) is 31.0 Å². The molecule has 31 heavy (non-hydrogen) atoms. The number of rotatable bonds is 6. The molecule has 0 spiro atoms. The monoisotopic (exact) mass is 441 g/mol. The van der Waals surface area contributed by atoms with Gasteiger partial charge in [0.1, 0.15) is 0 Å². The van der Waals surface area contributed by atoms with Crippen molar-refractivity contribution in [2.45, 2.75) is 19.9 Å². The molecule has 2 aliphatic rings. The first-order valence-electron chi connectivity index (χ1n) is 11.0. The highest BCUT2D eigenvalue weighted by Gasteiger charge is 2.29. The SMILES string of the molecule is C[C@@H]1CN(CC(=O)NC[C@@H]2CCS(=O)(=O)C2)c2ccccc2N(Cc2ccccc2)C1. The molecular weight excluding hydrogens is 410 g/mol. The fourth-order valence-corrected chi connectivity index (χ4v) is 6.49. The second kappa shape index (κ2) is 9.30. The maximum absolute atomic E-state index is 12.7. The molecule has 0 aliphatic carbocycles. The molecule has 2 aliphatic heterocycles. The lowest BCUT2D eigenvalue weighted by molar-refractivity contribution is -0.119. The normalized spacial score (nSPS) is 22.6. The fourth-order valence-electron chi connectivity index (χ4n) is 4.63. The van der Waals surface area contributed by atoms with Crippen molar-refractivity contribution in [1.29, 1.82) is 0 Å². The number of fused-ring (bicyclic) bond motifs is 1. The van der Waals surface area contributed by atoms with E-state index >= 15 is 0 Å². The summed E-state index contributed by atoms with van der Waals surface area (Å²) in [5.74, 6) is 0.796. The van der Waals surface area contributed by atoms with Crippen LogP contribution in [0.2, 0.25) is 0 Å². The van der Waals surface area contributed by atoms with Gasteiger partial charge in [-0.2, -0.15) is 0 Å². The molecule has 2 atom stereocenters. The summed E-state index contributed by atoms with van der Waals surface area (Å²) in [6, 6.07) is 18.7. The van der Waals surface area contributed by atoms with E-state index in [4.69, 9.17) is 0 Å². The number of anilines is 2.